The van der Waals surface area contributed by atoms with E-state index in [1.54, 1.807) is 31.3 Å². The van der Waals surface area contributed by atoms with Crippen LogP contribution >= 0.6 is 23.4 Å². The number of imidazole rings is 1. The van der Waals surface area contributed by atoms with Gasteiger partial charge in [-0.1, -0.05) is 29.8 Å². The number of para-hydroxylation sites is 1. The van der Waals surface area contributed by atoms with Crippen molar-refractivity contribution in [3.05, 3.63) is 86.3 Å². The molecule has 0 aliphatic heterocycles. The fourth-order valence-electron chi connectivity index (χ4n) is 3.41. The van der Waals surface area contributed by atoms with Crippen molar-refractivity contribution < 1.29 is 4.74 Å². The molecular formula is C22H18ClN7O3S. The number of aromatic amines is 1. The maximum atomic E-state index is 12.5. The van der Waals surface area contributed by atoms with Crippen LogP contribution in [0, 0.1) is 0 Å². The summed E-state index contributed by atoms with van der Waals surface area (Å²) in [6, 6.07) is 16.6. The van der Waals surface area contributed by atoms with Crippen LogP contribution in [0.4, 0.5) is 0 Å². The summed E-state index contributed by atoms with van der Waals surface area (Å²) < 4.78 is 10.1. The highest BCUT2D eigenvalue weighted by molar-refractivity contribution is 7.99. The number of hydrogen-bond donors (Lipinski definition) is 1. The van der Waals surface area contributed by atoms with Gasteiger partial charge >= 0.3 is 5.69 Å². The number of nitrogens with zero attached hydrogens (tertiary/aromatic N) is 6. The second-order valence-electron chi connectivity index (χ2n) is 7.36. The molecule has 0 saturated carbocycles. The third kappa shape index (κ3) is 3.99. The Morgan fingerprint density at radius 2 is 1.74 bits per heavy atom. The van der Waals surface area contributed by atoms with Crippen LogP contribution in [0.2, 0.25) is 5.02 Å². The average Bonchev–Trinajstić information content (AvgIpc) is 3.46. The predicted molar refractivity (Wildman–Crippen MR) is 128 cm³/mol. The van der Waals surface area contributed by atoms with Crippen molar-refractivity contribution in [3.8, 4) is 11.4 Å². The third-order valence-corrected chi connectivity index (χ3v) is 6.24. The van der Waals surface area contributed by atoms with Crippen molar-refractivity contribution in [2.24, 2.45) is 14.1 Å². The topological polar surface area (TPSA) is 113 Å². The molecule has 0 unspecified atom stereocenters. The Balaban J connectivity index is 1.52. The van der Waals surface area contributed by atoms with Crippen LogP contribution in [0.25, 0.3) is 16.9 Å². The molecule has 0 aliphatic rings. The Morgan fingerprint density at radius 1 is 1.00 bits per heavy atom. The zero-order chi connectivity index (χ0) is 23.8. The molecule has 3 aromatic heterocycles. The highest BCUT2D eigenvalue weighted by atomic mass is 35.5. The van der Waals surface area contributed by atoms with Crippen LogP contribution in [0.3, 0.4) is 0 Å². The molecule has 2 aromatic carbocycles. The summed E-state index contributed by atoms with van der Waals surface area (Å²) in [6.45, 7) is 0.166. The lowest BCUT2D eigenvalue weighted by atomic mass is 10.3. The minimum Gasteiger partial charge on any atom is -0.486 e. The monoisotopic (exact) mass is 495 g/mol. The van der Waals surface area contributed by atoms with Crippen molar-refractivity contribution in [3.63, 3.8) is 0 Å². The van der Waals surface area contributed by atoms with Gasteiger partial charge in [0.2, 0.25) is 5.16 Å². The third-order valence-electron chi connectivity index (χ3n) is 5.16. The summed E-state index contributed by atoms with van der Waals surface area (Å²) in [7, 11) is 2.99. The Labute approximate surface area is 201 Å². The highest BCUT2D eigenvalue weighted by Gasteiger charge is 2.19. The normalized spacial score (nSPS) is 11.3. The van der Waals surface area contributed by atoms with Crippen LogP contribution in [-0.2, 0) is 20.7 Å². The molecule has 0 fully saturated rings. The molecule has 3 heterocycles. The number of aryl methyl sites for hydroxylation is 1. The molecule has 1 N–H and O–H groups in total. The quantitative estimate of drug-likeness (QED) is 0.385. The molecule has 0 saturated heterocycles. The first-order valence-corrected chi connectivity index (χ1v) is 11.3. The molecule has 0 spiro atoms. The lowest BCUT2D eigenvalue weighted by molar-refractivity contribution is 0.293. The standard InChI is InChI=1S/C22H18ClN7O3S/c1-28-18-17(19(31)29(2)22(28)32)24-20(25-18)34-21-27-26-16(30(21)14-6-4-3-5-7-14)12-33-15-10-8-13(23)9-11-15/h3-11H,12H2,1-2H3,(H,24,25). The number of halogens is 1. The smallest absolute Gasteiger partial charge is 0.332 e. The van der Waals surface area contributed by atoms with Crippen LogP contribution in [0.5, 0.6) is 5.75 Å². The van der Waals surface area contributed by atoms with Crippen molar-refractivity contribution in [2.75, 3.05) is 0 Å². The zero-order valence-electron chi connectivity index (χ0n) is 18.1. The molecule has 0 atom stereocenters. The summed E-state index contributed by atoms with van der Waals surface area (Å²) in [5, 5.41) is 10.2. The summed E-state index contributed by atoms with van der Waals surface area (Å²) in [5.41, 5.74) is 0.453. The van der Waals surface area contributed by atoms with Gasteiger partial charge in [-0.25, -0.2) is 9.78 Å². The maximum Gasteiger partial charge on any atom is 0.332 e. The van der Waals surface area contributed by atoms with E-state index in [0.717, 1.165) is 10.3 Å². The number of aromatic nitrogens is 7. The Kier molecular flexibility index (Phi) is 5.72. The van der Waals surface area contributed by atoms with Crippen molar-refractivity contribution >= 4 is 34.5 Å². The highest BCUT2D eigenvalue weighted by Crippen LogP contribution is 2.28. The first-order chi connectivity index (χ1) is 16.4. The van der Waals surface area contributed by atoms with E-state index < -0.39 is 11.2 Å². The summed E-state index contributed by atoms with van der Waals surface area (Å²) >= 11 is 7.14. The first-order valence-electron chi connectivity index (χ1n) is 10.1. The molecule has 0 amide bonds. The largest absolute Gasteiger partial charge is 0.486 e. The molecule has 0 bridgehead atoms. The van der Waals surface area contributed by atoms with E-state index in [9.17, 15) is 9.59 Å². The molecule has 5 rings (SSSR count). The van der Waals surface area contributed by atoms with Gasteiger partial charge in [0.15, 0.2) is 22.1 Å². The Bertz CT molecular complexity index is 1600. The summed E-state index contributed by atoms with van der Waals surface area (Å²) in [6.07, 6.45) is 0. The van der Waals surface area contributed by atoms with Crippen molar-refractivity contribution in [1.82, 2.24) is 33.9 Å². The van der Waals surface area contributed by atoms with Crippen LogP contribution < -0.4 is 16.0 Å². The molecule has 34 heavy (non-hydrogen) atoms. The van der Waals surface area contributed by atoms with E-state index in [1.165, 1.54) is 23.4 Å². The lowest BCUT2D eigenvalue weighted by Crippen LogP contribution is -2.36. The van der Waals surface area contributed by atoms with E-state index >= 15 is 0 Å². The average molecular weight is 496 g/mol. The van der Waals surface area contributed by atoms with Gasteiger partial charge in [-0.3, -0.25) is 18.5 Å². The molecule has 172 valence electrons. The van der Waals surface area contributed by atoms with Crippen molar-refractivity contribution in [1.29, 1.82) is 0 Å². The number of rotatable bonds is 6. The van der Waals surface area contributed by atoms with Crippen LogP contribution in [0.1, 0.15) is 5.82 Å². The van der Waals surface area contributed by atoms with Gasteiger partial charge in [0.05, 0.1) is 0 Å². The van der Waals surface area contributed by atoms with E-state index in [1.807, 2.05) is 34.9 Å². The summed E-state index contributed by atoms with van der Waals surface area (Å²) in [4.78, 5) is 32.2. The van der Waals surface area contributed by atoms with E-state index in [0.29, 0.717) is 26.9 Å². The predicted octanol–water partition coefficient (Wildman–Crippen LogP) is 2.92. The van der Waals surface area contributed by atoms with Gasteiger partial charge < -0.3 is 9.72 Å². The maximum absolute atomic E-state index is 12.5. The molecule has 5 aromatic rings. The molecule has 0 aliphatic carbocycles. The number of nitrogens with one attached hydrogen (secondary N) is 1. The van der Waals surface area contributed by atoms with E-state index in [4.69, 9.17) is 16.3 Å². The number of benzene rings is 2. The fourth-order valence-corrected chi connectivity index (χ4v) is 4.38. The zero-order valence-corrected chi connectivity index (χ0v) is 19.7. The number of hydrogen-bond acceptors (Lipinski definition) is 7. The Hall–Kier alpha value is -3.83. The number of fused-ring (bicyclic) bond motifs is 1. The first kappa shape index (κ1) is 22.0. The molecular weight excluding hydrogens is 478 g/mol. The van der Waals surface area contributed by atoms with Gasteiger partial charge in [-0.2, -0.15) is 0 Å². The minimum absolute atomic E-state index is 0.166. The minimum atomic E-state index is -0.449. The number of H-pyrrole nitrogens is 1. The Morgan fingerprint density at radius 3 is 2.47 bits per heavy atom. The van der Waals surface area contributed by atoms with Gasteiger partial charge in [0, 0.05) is 24.8 Å². The summed E-state index contributed by atoms with van der Waals surface area (Å²) in [5.74, 6) is 1.22. The fraction of sp³-hybridized carbons (Fsp3) is 0.136. The van der Waals surface area contributed by atoms with Gasteiger partial charge in [-0.05, 0) is 48.2 Å². The number of ether oxygens (including phenoxy) is 1. The van der Waals surface area contributed by atoms with Gasteiger partial charge in [0.25, 0.3) is 5.56 Å². The van der Waals surface area contributed by atoms with E-state index in [2.05, 4.69) is 20.2 Å². The van der Waals surface area contributed by atoms with Crippen LogP contribution in [0.15, 0.2) is 74.5 Å². The molecule has 0 radical (unpaired) electrons. The second-order valence-corrected chi connectivity index (χ2v) is 8.75. The molecule has 10 nitrogen and oxygen atoms in total. The van der Waals surface area contributed by atoms with E-state index in [-0.39, 0.29) is 17.8 Å². The van der Waals surface area contributed by atoms with Crippen molar-refractivity contribution in [2.45, 2.75) is 16.9 Å². The SMILES string of the molecule is Cn1c(=O)c2[nH]c(Sc3nnc(COc4ccc(Cl)cc4)n3-c3ccccc3)nc2n(C)c1=O. The van der Waals surface area contributed by atoms with Crippen LogP contribution in [-0.4, -0.2) is 33.9 Å². The molecule has 12 heteroatoms. The second kappa shape index (κ2) is 8.84. The van der Waals surface area contributed by atoms with Gasteiger partial charge in [0.1, 0.15) is 12.4 Å². The lowest BCUT2D eigenvalue weighted by Gasteiger charge is -2.10. The van der Waals surface area contributed by atoms with Gasteiger partial charge in [-0.15, -0.1) is 10.2 Å².